The quantitative estimate of drug-likeness (QED) is 0.243. The molecular weight excluding hydrogens is 507 g/mol. The maximum Gasteiger partial charge on any atom is 0.227 e. The number of nitrogens with one attached hydrogen (secondary N) is 3. The number of hydrogen-bond donors (Lipinski definition) is 3. The number of imidazole rings is 1. The molecular formula is C30H25FN8O. The van der Waals surface area contributed by atoms with Gasteiger partial charge in [0.1, 0.15) is 11.5 Å². The number of benzene rings is 1. The van der Waals surface area contributed by atoms with Gasteiger partial charge in [-0.25, -0.2) is 14.4 Å². The molecule has 1 fully saturated rings. The summed E-state index contributed by atoms with van der Waals surface area (Å²) in [4.78, 5) is 34.0. The number of anilines is 1. The highest BCUT2D eigenvalue weighted by molar-refractivity contribution is 5.97. The van der Waals surface area contributed by atoms with Gasteiger partial charge in [-0.1, -0.05) is 18.9 Å². The minimum atomic E-state index is -0.297. The molecule has 0 radical (unpaired) electrons. The predicted octanol–water partition coefficient (Wildman–Crippen LogP) is 6.20. The van der Waals surface area contributed by atoms with E-state index in [0.717, 1.165) is 58.8 Å². The number of hydrogen-bond acceptors (Lipinski definition) is 6. The first kappa shape index (κ1) is 24.1. The van der Waals surface area contributed by atoms with Crippen molar-refractivity contribution in [3.8, 4) is 33.9 Å². The number of aryl methyl sites for hydroxylation is 1. The van der Waals surface area contributed by atoms with E-state index in [2.05, 4.69) is 35.5 Å². The fourth-order valence-electron chi connectivity index (χ4n) is 5.49. The molecule has 6 aromatic rings. The van der Waals surface area contributed by atoms with Gasteiger partial charge in [0.05, 0.1) is 34.8 Å². The summed E-state index contributed by atoms with van der Waals surface area (Å²) in [5.74, 6) is 0.343. The summed E-state index contributed by atoms with van der Waals surface area (Å²) in [6.45, 7) is 1.86. The number of amides is 1. The van der Waals surface area contributed by atoms with Crippen LogP contribution in [0.15, 0.2) is 61.2 Å². The van der Waals surface area contributed by atoms with Gasteiger partial charge in [0.25, 0.3) is 0 Å². The Kier molecular flexibility index (Phi) is 5.80. The first-order chi connectivity index (χ1) is 19.5. The van der Waals surface area contributed by atoms with E-state index in [0.29, 0.717) is 34.1 Å². The molecule has 1 amide bonds. The number of pyridine rings is 3. The van der Waals surface area contributed by atoms with Crippen molar-refractivity contribution < 1.29 is 9.18 Å². The molecule has 0 saturated heterocycles. The first-order valence-electron chi connectivity index (χ1n) is 13.2. The van der Waals surface area contributed by atoms with Gasteiger partial charge in [-0.05, 0) is 61.2 Å². The molecule has 10 heteroatoms. The molecule has 0 atom stereocenters. The van der Waals surface area contributed by atoms with Crippen LogP contribution < -0.4 is 5.32 Å². The molecule has 40 heavy (non-hydrogen) atoms. The maximum atomic E-state index is 14.2. The van der Waals surface area contributed by atoms with Crippen LogP contribution in [0.1, 0.15) is 31.2 Å². The van der Waals surface area contributed by atoms with Crippen molar-refractivity contribution in [2.75, 3.05) is 5.32 Å². The number of rotatable bonds is 5. The van der Waals surface area contributed by atoms with Gasteiger partial charge in [-0.3, -0.25) is 19.9 Å². The molecule has 1 saturated carbocycles. The average Bonchev–Trinajstić information content (AvgIpc) is 3.71. The molecule has 9 nitrogen and oxygen atoms in total. The van der Waals surface area contributed by atoms with Crippen LogP contribution >= 0.6 is 0 Å². The van der Waals surface area contributed by atoms with Crippen LogP contribution in [0.4, 0.5) is 10.1 Å². The Hall–Kier alpha value is -4.99. The Morgan fingerprint density at radius 1 is 1.02 bits per heavy atom. The molecule has 3 N–H and O–H groups in total. The van der Waals surface area contributed by atoms with Crippen LogP contribution in [0.25, 0.3) is 56.0 Å². The molecule has 198 valence electrons. The summed E-state index contributed by atoms with van der Waals surface area (Å²) >= 11 is 0. The highest BCUT2D eigenvalue weighted by Crippen LogP contribution is 2.33. The third-order valence-corrected chi connectivity index (χ3v) is 7.44. The van der Waals surface area contributed by atoms with E-state index >= 15 is 0 Å². The molecule has 5 aromatic heterocycles. The minimum Gasteiger partial charge on any atom is -0.335 e. The van der Waals surface area contributed by atoms with Crippen LogP contribution in [0.3, 0.4) is 0 Å². The van der Waals surface area contributed by atoms with Crippen LogP contribution in [0, 0.1) is 18.7 Å². The van der Waals surface area contributed by atoms with Crippen molar-refractivity contribution in [2.24, 2.45) is 5.92 Å². The highest BCUT2D eigenvalue weighted by atomic mass is 19.1. The predicted molar refractivity (Wildman–Crippen MR) is 151 cm³/mol. The monoisotopic (exact) mass is 532 g/mol. The summed E-state index contributed by atoms with van der Waals surface area (Å²) in [6, 6.07) is 10.6. The van der Waals surface area contributed by atoms with Gasteiger partial charge >= 0.3 is 0 Å². The number of nitrogens with zero attached hydrogens (tertiary/aromatic N) is 5. The second-order valence-electron chi connectivity index (χ2n) is 10.3. The lowest BCUT2D eigenvalue weighted by molar-refractivity contribution is -0.119. The second kappa shape index (κ2) is 9.64. The molecule has 1 aromatic carbocycles. The zero-order chi connectivity index (χ0) is 27.2. The summed E-state index contributed by atoms with van der Waals surface area (Å²) < 4.78 is 14.2. The topological polar surface area (TPSA) is 125 Å². The SMILES string of the molecule is Cc1cc(F)cc(-c2ccnc3nc(-c4n[nH]c5cnc(-c6cncc(NC(=O)C7CCCC7)c6)cc45)[nH]c23)c1. The van der Waals surface area contributed by atoms with Gasteiger partial charge < -0.3 is 10.3 Å². The third-order valence-electron chi connectivity index (χ3n) is 7.44. The fourth-order valence-corrected chi connectivity index (χ4v) is 5.49. The molecule has 0 spiro atoms. The number of aromatic amines is 2. The van der Waals surface area contributed by atoms with Crippen molar-refractivity contribution in [1.29, 1.82) is 0 Å². The number of halogens is 1. The van der Waals surface area contributed by atoms with Crippen molar-refractivity contribution in [2.45, 2.75) is 32.6 Å². The average molecular weight is 533 g/mol. The second-order valence-corrected chi connectivity index (χ2v) is 10.3. The highest BCUT2D eigenvalue weighted by Gasteiger charge is 2.23. The largest absolute Gasteiger partial charge is 0.335 e. The molecule has 7 rings (SSSR count). The number of fused-ring (bicyclic) bond motifs is 2. The summed E-state index contributed by atoms with van der Waals surface area (Å²) in [5.41, 5.74) is 7.03. The number of H-pyrrole nitrogens is 2. The van der Waals surface area contributed by atoms with Gasteiger partial charge in [0.2, 0.25) is 5.91 Å². The first-order valence-corrected chi connectivity index (χ1v) is 13.2. The van der Waals surface area contributed by atoms with E-state index in [9.17, 15) is 9.18 Å². The molecule has 1 aliphatic carbocycles. The normalized spacial score (nSPS) is 13.8. The van der Waals surface area contributed by atoms with Gasteiger partial charge in [-0.2, -0.15) is 5.10 Å². The van der Waals surface area contributed by atoms with Crippen LogP contribution in [-0.4, -0.2) is 41.0 Å². The molecule has 0 aliphatic heterocycles. The van der Waals surface area contributed by atoms with Gasteiger partial charge in [-0.15, -0.1) is 0 Å². The van der Waals surface area contributed by atoms with Crippen molar-refractivity contribution in [3.63, 3.8) is 0 Å². The zero-order valence-electron chi connectivity index (χ0n) is 21.7. The van der Waals surface area contributed by atoms with Crippen LogP contribution in [0.2, 0.25) is 0 Å². The summed E-state index contributed by atoms with van der Waals surface area (Å²) in [7, 11) is 0. The van der Waals surface area contributed by atoms with Crippen LogP contribution in [0.5, 0.6) is 0 Å². The molecule has 0 bridgehead atoms. The Balaban J connectivity index is 1.25. The van der Waals surface area contributed by atoms with E-state index in [-0.39, 0.29) is 17.6 Å². The molecule has 0 unspecified atom stereocenters. The Morgan fingerprint density at radius 2 is 1.90 bits per heavy atom. The number of carbonyl (C=O) groups excluding carboxylic acids is 1. The smallest absolute Gasteiger partial charge is 0.227 e. The van der Waals surface area contributed by atoms with E-state index < -0.39 is 0 Å². The van der Waals surface area contributed by atoms with E-state index in [1.54, 1.807) is 24.8 Å². The lowest BCUT2D eigenvalue weighted by Gasteiger charge is -2.11. The van der Waals surface area contributed by atoms with E-state index in [1.807, 2.05) is 31.2 Å². The Labute approximate surface area is 228 Å². The molecule has 5 heterocycles. The Morgan fingerprint density at radius 3 is 2.75 bits per heavy atom. The van der Waals surface area contributed by atoms with Gasteiger partial charge in [0.15, 0.2) is 11.5 Å². The van der Waals surface area contributed by atoms with E-state index in [4.69, 9.17) is 4.98 Å². The van der Waals surface area contributed by atoms with Crippen molar-refractivity contribution >= 4 is 33.7 Å². The maximum absolute atomic E-state index is 14.2. The Bertz CT molecular complexity index is 1880. The van der Waals surface area contributed by atoms with E-state index in [1.165, 1.54) is 12.1 Å². The van der Waals surface area contributed by atoms with Gasteiger partial charge in [0, 0.05) is 34.8 Å². The standard InChI is InChI=1S/C30H25FN8O/c1-16-8-18(10-20(31)9-16)22-6-7-33-28-26(22)36-29(37-28)27-23-12-24(34-15-25(23)38-39-27)19-11-21(14-32-13-19)35-30(40)17-4-2-3-5-17/h6-15,17H,2-5H2,1H3,(H,35,40)(H,38,39)(H,33,36,37). The minimum absolute atomic E-state index is 0.0447. The third kappa shape index (κ3) is 4.37. The van der Waals surface area contributed by atoms with Crippen molar-refractivity contribution in [1.82, 2.24) is 35.1 Å². The summed E-state index contributed by atoms with van der Waals surface area (Å²) in [6.07, 6.45) is 10.8. The van der Waals surface area contributed by atoms with Crippen LogP contribution in [-0.2, 0) is 4.79 Å². The molecule has 1 aliphatic rings. The number of aromatic nitrogens is 7. The number of carbonyl (C=O) groups is 1. The summed E-state index contributed by atoms with van der Waals surface area (Å²) in [5, 5.41) is 11.4. The zero-order valence-corrected chi connectivity index (χ0v) is 21.7. The fraction of sp³-hybridized carbons (Fsp3) is 0.200. The lowest BCUT2D eigenvalue weighted by atomic mass is 10.0. The van der Waals surface area contributed by atoms with Crippen molar-refractivity contribution in [3.05, 3.63) is 72.6 Å². The lowest BCUT2D eigenvalue weighted by Crippen LogP contribution is -2.20.